The lowest BCUT2D eigenvalue weighted by atomic mass is 9.76. The molecule has 0 radical (unpaired) electrons. The Balaban J connectivity index is 2.12. The molecule has 1 saturated heterocycles. The van der Waals surface area contributed by atoms with Crippen molar-refractivity contribution in [3.05, 3.63) is 29.8 Å². The number of benzene rings is 1. The minimum absolute atomic E-state index is 0.122. The topological polar surface area (TPSA) is 18.5 Å². The molecule has 1 aromatic carbocycles. The Labute approximate surface area is 95.4 Å². The van der Waals surface area contributed by atoms with Crippen LogP contribution < -0.4 is 4.74 Å². The van der Waals surface area contributed by atoms with E-state index in [1.807, 2.05) is 12.1 Å². The molecule has 0 atom stereocenters. The fourth-order valence-electron chi connectivity index (χ4n) is 2.04. The van der Waals surface area contributed by atoms with Crippen LogP contribution in [0.15, 0.2) is 24.3 Å². The predicted molar refractivity (Wildman–Crippen MR) is 60.4 cm³/mol. The van der Waals surface area contributed by atoms with Gasteiger partial charge in [-0.1, -0.05) is 19.1 Å². The van der Waals surface area contributed by atoms with Crippen molar-refractivity contribution in [2.75, 3.05) is 20.3 Å². The summed E-state index contributed by atoms with van der Waals surface area (Å²) in [5.41, 5.74) is 1.33. The van der Waals surface area contributed by atoms with Crippen LogP contribution in [0.5, 0.6) is 5.75 Å². The van der Waals surface area contributed by atoms with Gasteiger partial charge in [0, 0.05) is 13.2 Å². The van der Waals surface area contributed by atoms with E-state index in [4.69, 9.17) is 13.6 Å². The summed E-state index contributed by atoms with van der Waals surface area (Å²) >= 11 is 0. The van der Waals surface area contributed by atoms with Crippen LogP contribution in [0.2, 0.25) is 0 Å². The van der Waals surface area contributed by atoms with Gasteiger partial charge in [-0.3, -0.25) is 0 Å². The van der Waals surface area contributed by atoms with E-state index in [0.29, 0.717) is 5.75 Å². The Kier molecular flexibility index (Phi) is 2.06. The average molecular weight is 209 g/mol. The van der Waals surface area contributed by atoms with Crippen LogP contribution in [0.1, 0.15) is 29.4 Å². The number of rotatable bonds is 2. The Morgan fingerprint density at radius 3 is 2.53 bits per heavy atom. The lowest BCUT2D eigenvalue weighted by Gasteiger charge is -2.34. The first kappa shape index (κ1) is 7.29. The van der Waals surface area contributed by atoms with E-state index in [-0.39, 0.29) is 5.41 Å². The van der Waals surface area contributed by atoms with Crippen molar-refractivity contribution in [2.45, 2.75) is 25.2 Å². The maximum Gasteiger partial charge on any atom is 0.118 e. The summed E-state index contributed by atoms with van der Waals surface area (Å²) < 4.78 is 31.4. The largest absolute Gasteiger partial charge is 0.497 e. The van der Waals surface area contributed by atoms with E-state index in [0.717, 1.165) is 26.1 Å². The second-order valence-corrected chi connectivity index (χ2v) is 4.30. The Morgan fingerprint density at radius 1 is 1.27 bits per heavy atom. The summed E-state index contributed by atoms with van der Waals surface area (Å²) in [7, 11) is -2.38. The van der Waals surface area contributed by atoms with Gasteiger partial charge in [-0.25, -0.2) is 0 Å². The lowest BCUT2D eigenvalue weighted by molar-refractivity contribution is 0.0564. The zero-order valence-corrected chi connectivity index (χ0v) is 8.95. The van der Waals surface area contributed by atoms with Crippen LogP contribution >= 0.6 is 0 Å². The smallest absolute Gasteiger partial charge is 0.118 e. The van der Waals surface area contributed by atoms with Crippen molar-refractivity contribution in [3.63, 3.8) is 0 Å². The zero-order chi connectivity index (χ0) is 13.2. The van der Waals surface area contributed by atoms with Crippen LogP contribution in [-0.2, 0) is 10.2 Å². The summed E-state index contributed by atoms with van der Waals surface area (Å²) in [6.45, 7) is 3.78. The van der Waals surface area contributed by atoms with Gasteiger partial charge in [0.15, 0.2) is 0 Å². The molecule has 0 aromatic heterocycles. The molecule has 1 heterocycles. The zero-order valence-electron chi connectivity index (χ0n) is 12.0. The fourth-order valence-corrected chi connectivity index (χ4v) is 2.04. The maximum atomic E-state index is 7.05. The SMILES string of the molecule is [2H]C([2H])([2H])Oc1ccc(C2(C)CCOCC2)cc1. The van der Waals surface area contributed by atoms with Crippen molar-refractivity contribution < 1.29 is 13.6 Å². The molecule has 1 aromatic rings. The second-order valence-electron chi connectivity index (χ2n) is 4.30. The summed E-state index contributed by atoms with van der Waals surface area (Å²) in [6, 6.07) is 7.35. The van der Waals surface area contributed by atoms with E-state index in [1.54, 1.807) is 12.1 Å². The highest BCUT2D eigenvalue weighted by atomic mass is 16.5. The molecular formula is C13H18O2. The van der Waals surface area contributed by atoms with Gasteiger partial charge in [-0.05, 0) is 36.0 Å². The first-order valence-electron chi connectivity index (χ1n) is 6.76. The van der Waals surface area contributed by atoms with E-state index in [1.165, 1.54) is 5.56 Å². The molecule has 0 saturated carbocycles. The van der Waals surface area contributed by atoms with Gasteiger partial charge in [-0.15, -0.1) is 0 Å². The molecule has 2 rings (SSSR count). The normalized spacial score (nSPS) is 23.7. The molecule has 0 aliphatic carbocycles. The highest BCUT2D eigenvalue weighted by molar-refractivity contribution is 5.32. The van der Waals surface area contributed by atoms with Gasteiger partial charge >= 0.3 is 0 Å². The van der Waals surface area contributed by atoms with Crippen LogP contribution in [-0.4, -0.2) is 20.3 Å². The third-order valence-electron chi connectivity index (χ3n) is 3.27. The first-order valence-corrected chi connectivity index (χ1v) is 5.26. The fraction of sp³-hybridized carbons (Fsp3) is 0.538. The Hall–Kier alpha value is -1.02. The maximum absolute atomic E-state index is 7.05. The van der Waals surface area contributed by atoms with Crippen molar-refractivity contribution in [1.29, 1.82) is 0 Å². The van der Waals surface area contributed by atoms with Crippen LogP contribution in [0.25, 0.3) is 0 Å². The highest BCUT2D eigenvalue weighted by Gasteiger charge is 2.28. The molecule has 1 aliphatic heterocycles. The van der Waals surface area contributed by atoms with Crippen molar-refractivity contribution in [1.82, 2.24) is 0 Å². The molecule has 0 spiro atoms. The van der Waals surface area contributed by atoms with Crippen molar-refractivity contribution in [3.8, 4) is 5.75 Å². The van der Waals surface area contributed by atoms with Gasteiger partial charge in [0.05, 0.1) is 11.2 Å². The van der Waals surface area contributed by atoms with Gasteiger partial charge in [0.1, 0.15) is 5.75 Å². The van der Waals surface area contributed by atoms with Crippen LogP contribution in [0.4, 0.5) is 0 Å². The van der Waals surface area contributed by atoms with E-state index < -0.39 is 7.04 Å². The number of hydrogen-bond donors (Lipinski definition) is 0. The van der Waals surface area contributed by atoms with Crippen LogP contribution in [0.3, 0.4) is 0 Å². The summed E-state index contributed by atoms with van der Waals surface area (Å²) in [5, 5.41) is 0. The van der Waals surface area contributed by atoms with Gasteiger partial charge in [0.2, 0.25) is 0 Å². The molecule has 82 valence electrons. The molecule has 1 fully saturated rings. The molecule has 2 nitrogen and oxygen atoms in total. The minimum Gasteiger partial charge on any atom is -0.497 e. The predicted octanol–water partition coefficient (Wildman–Crippen LogP) is 2.76. The first-order chi connectivity index (χ1) is 8.39. The van der Waals surface area contributed by atoms with Gasteiger partial charge < -0.3 is 9.47 Å². The molecule has 0 N–H and O–H groups in total. The highest BCUT2D eigenvalue weighted by Crippen LogP contribution is 2.34. The number of hydrogen-bond acceptors (Lipinski definition) is 2. The summed E-state index contributed by atoms with van der Waals surface area (Å²) in [6.07, 6.45) is 1.99. The Bertz CT molecular complexity index is 392. The second kappa shape index (κ2) is 4.23. The average Bonchev–Trinajstić information content (AvgIpc) is 2.28. The van der Waals surface area contributed by atoms with Gasteiger partial charge in [0.25, 0.3) is 0 Å². The number of ether oxygens (including phenoxy) is 2. The molecule has 1 aliphatic rings. The van der Waals surface area contributed by atoms with Crippen LogP contribution in [0, 0.1) is 0 Å². The minimum atomic E-state index is -2.38. The quantitative estimate of drug-likeness (QED) is 0.745. The molecule has 0 bridgehead atoms. The summed E-state index contributed by atoms with van der Waals surface area (Å²) in [5.74, 6) is 0.384. The monoisotopic (exact) mass is 209 g/mol. The standard InChI is InChI=1S/C13H18O2/c1-13(7-9-15-10-8-13)11-3-5-12(14-2)6-4-11/h3-6H,7-10H2,1-2H3/i2D3. The van der Waals surface area contributed by atoms with Gasteiger partial charge in [-0.2, -0.15) is 0 Å². The molecular weight excluding hydrogens is 188 g/mol. The Morgan fingerprint density at radius 2 is 1.93 bits per heavy atom. The molecule has 0 unspecified atom stereocenters. The van der Waals surface area contributed by atoms with E-state index in [2.05, 4.69) is 6.92 Å². The third-order valence-corrected chi connectivity index (χ3v) is 3.27. The van der Waals surface area contributed by atoms with E-state index >= 15 is 0 Å². The van der Waals surface area contributed by atoms with E-state index in [9.17, 15) is 0 Å². The number of methoxy groups -OCH3 is 1. The van der Waals surface area contributed by atoms with Crippen molar-refractivity contribution in [2.24, 2.45) is 0 Å². The lowest BCUT2D eigenvalue weighted by Crippen LogP contribution is -2.30. The molecule has 15 heavy (non-hydrogen) atoms. The molecule has 0 amide bonds. The third kappa shape index (κ3) is 2.15. The summed E-state index contributed by atoms with van der Waals surface area (Å²) in [4.78, 5) is 0. The molecule has 2 heteroatoms. The van der Waals surface area contributed by atoms with Crippen molar-refractivity contribution >= 4 is 0 Å².